The highest BCUT2D eigenvalue weighted by Gasteiger charge is 2.39. The number of aromatic nitrogens is 2. The lowest BCUT2D eigenvalue weighted by atomic mass is 10.1. The molecule has 18 heavy (non-hydrogen) atoms. The summed E-state index contributed by atoms with van der Waals surface area (Å²) >= 11 is 0. The molecule has 1 heterocycles. The molecule has 7 heteroatoms. The van der Waals surface area contributed by atoms with E-state index >= 15 is 0 Å². The van der Waals surface area contributed by atoms with Crippen LogP contribution >= 0.6 is 0 Å². The van der Waals surface area contributed by atoms with Crippen molar-refractivity contribution in [3.8, 4) is 0 Å². The van der Waals surface area contributed by atoms with Gasteiger partial charge in [0.25, 0.3) is 0 Å². The summed E-state index contributed by atoms with van der Waals surface area (Å²) in [5, 5.41) is 1.68. The monoisotopic (exact) mass is 257 g/mol. The number of halogens is 3. The van der Waals surface area contributed by atoms with Gasteiger partial charge in [0.05, 0.1) is 11.0 Å². The van der Waals surface area contributed by atoms with E-state index in [-0.39, 0.29) is 5.95 Å². The molecular weight excluding hydrogens is 247 g/mol. The first-order chi connectivity index (χ1) is 8.27. The number of nitrogens with zero attached hydrogens (tertiary/aromatic N) is 1. The maximum absolute atomic E-state index is 12.1. The third kappa shape index (κ3) is 2.29. The van der Waals surface area contributed by atoms with Gasteiger partial charge in [0, 0.05) is 0 Å². The molecule has 0 aliphatic rings. The topological polar surface area (TPSA) is 57.8 Å². The number of carbonyl (C=O) groups excluding carboxylic acids is 1. The highest BCUT2D eigenvalue weighted by molar-refractivity contribution is 5.94. The van der Waals surface area contributed by atoms with E-state index in [1.807, 2.05) is 13.8 Å². The van der Waals surface area contributed by atoms with Gasteiger partial charge < -0.3 is 4.98 Å². The van der Waals surface area contributed by atoms with Crippen molar-refractivity contribution in [2.24, 2.45) is 0 Å². The number of fused-ring (bicyclic) bond motifs is 1. The Morgan fingerprint density at radius 1 is 1.28 bits per heavy atom. The van der Waals surface area contributed by atoms with Crippen molar-refractivity contribution in [1.29, 1.82) is 0 Å². The van der Waals surface area contributed by atoms with Crippen molar-refractivity contribution >= 4 is 22.9 Å². The quantitative estimate of drug-likeness (QED) is 0.825. The normalized spacial score (nSPS) is 11.8. The van der Waals surface area contributed by atoms with Crippen LogP contribution in [0, 0.1) is 13.8 Å². The van der Waals surface area contributed by atoms with Crippen LogP contribution in [-0.2, 0) is 4.79 Å². The van der Waals surface area contributed by atoms with Gasteiger partial charge in [-0.3, -0.25) is 10.1 Å². The average Bonchev–Trinajstić information content (AvgIpc) is 2.59. The summed E-state index contributed by atoms with van der Waals surface area (Å²) in [4.78, 5) is 17.3. The van der Waals surface area contributed by atoms with Crippen LogP contribution in [0.25, 0.3) is 11.0 Å². The Labute approximate surface area is 100 Å². The number of aromatic amines is 1. The van der Waals surface area contributed by atoms with Crippen LogP contribution in [0.1, 0.15) is 11.1 Å². The number of H-pyrrole nitrogens is 1. The molecule has 0 atom stereocenters. The van der Waals surface area contributed by atoms with Gasteiger partial charge in [-0.05, 0) is 37.1 Å². The van der Waals surface area contributed by atoms with Crippen molar-refractivity contribution in [1.82, 2.24) is 9.97 Å². The summed E-state index contributed by atoms with van der Waals surface area (Å²) in [5.41, 5.74) is 3.05. The zero-order valence-electron chi connectivity index (χ0n) is 9.64. The van der Waals surface area contributed by atoms with Gasteiger partial charge in [-0.2, -0.15) is 13.2 Å². The lowest BCUT2D eigenvalue weighted by Crippen LogP contribution is -2.30. The van der Waals surface area contributed by atoms with E-state index in [0.29, 0.717) is 11.0 Å². The van der Waals surface area contributed by atoms with Crippen molar-refractivity contribution in [2.75, 3.05) is 5.32 Å². The molecular formula is C11H10F3N3O. The number of nitrogens with one attached hydrogen (secondary N) is 2. The minimum atomic E-state index is -4.93. The lowest BCUT2D eigenvalue weighted by Gasteiger charge is -2.04. The molecule has 0 fully saturated rings. The van der Waals surface area contributed by atoms with E-state index in [1.54, 1.807) is 17.4 Å². The number of benzene rings is 1. The number of anilines is 1. The number of alkyl halides is 3. The molecule has 4 nitrogen and oxygen atoms in total. The Kier molecular flexibility index (Phi) is 2.76. The molecule has 0 bridgehead atoms. The van der Waals surface area contributed by atoms with E-state index in [1.165, 1.54) is 0 Å². The number of aryl methyl sites for hydroxylation is 2. The van der Waals surface area contributed by atoms with Crippen molar-refractivity contribution in [3.63, 3.8) is 0 Å². The Morgan fingerprint density at radius 3 is 2.50 bits per heavy atom. The second-order valence-electron chi connectivity index (χ2n) is 3.99. The van der Waals surface area contributed by atoms with Gasteiger partial charge in [-0.25, -0.2) is 4.98 Å². The maximum atomic E-state index is 12.1. The standard InChI is InChI=1S/C11H10F3N3O/c1-5-3-7-8(4-6(5)2)16-10(15-7)17-9(18)11(12,13)14/h3-4H,1-2H3,(H2,15,16,17,18). The predicted molar refractivity (Wildman–Crippen MR) is 60.3 cm³/mol. The fraction of sp³-hybridized carbons (Fsp3) is 0.273. The molecule has 0 spiro atoms. The molecule has 0 saturated carbocycles. The number of hydrogen-bond donors (Lipinski definition) is 2. The molecule has 2 aromatic rings. The SMILES string of the molecule is Cc1cc2nc(NC(=O)C(F)(F)F)[nH]c2cc1C. The molecule has 0 aliphatic carbocycles. The molecule has 0 saturated heterocycles. The zero-order chi connectivity index (χ0) is 13.5. The van der Waals surface area contributed by atoms with Crippen molar-refractivity contribution in [3.05, 3.63) is 23.3 Å². The van der Waals surface area contributed by atoms with Crippen molar-refractivity contribution in [2.45, 2.75) is 20.0 Å². The van der Waals surface area contributed by atoms with E-state index in [0.717, 1.165) is 11.1 Å². The predicted octanol–water partition coefficient (Wildman–Crippen LogP) is 2.68. The average molecular weight is 257 g/mol. The van der Waals surface area contributed by atoms with Gasteiger partial charge in [0.2, 0.25) is 5.95 Å². The number of rotatable bonds is 1. The van der Waals surface area contributed by atoms with Crippen LogP contribution in [0.3, 0.4) is 0 Å². The number of carbonyl (C=O) groups is 1. The van der Waals surface area contributed by atoms with Crippen molar-refractivity contribution < 1.29 is 18.0 Å². The fourth-order valence-electron chi connectivity index (χ4n) is 1.51. The minimum Gasteiger partial charge on any atom is -0.324 e. The third-order valence-electron chi connectivity index (χ3n) is 2.59. The van der Waals surface area contributed by atoms with Crippen LogP contribution in [0.5, 0.6) is 0 Å². The molecule has 1 aromatic carbocycles. The van der Waals surface area contributed by atoms with Gasteiger partial charge in [-0.15, -0.1) is 0 Å². The van der Waals surface area contributed by atoms with Gasteiger partial charge in [-0.1, -0.05) is 0 Å². The molecule has 0 radical (unpaired) electrons. The van der Waals surface area contributed by atoms with Crippen LogP contribution in [0.15, 0.2) is 12.1 Å². The minimum absolute atomic E-state index is 0.211. The van der Waals surface area contributed by atoms with E-state index in [9.17, 15) is 18.0 Å². The summed E-state index contributed by atoms with van der Waals surface area (Å²) in [6.07, 6.45) is -4.93. The summed E-state index contributed by atoms with van der Waals surface area (Å²) in [6.45, 7) is 3.75. The number of imidazole rings is 1. The Balaban J connectivity index is 2.34. The summed E-state index contributed by atoms with van der Waals surface area (Å²) < 4.78 is 36.2. The smallest absolute Gasteiger partial charge is 0.324 e. The molecule has 1 amide bonds. The van der Waals surface area contributed by atoms with E-state index < -0.39 is 12.1 Å². The van der Waals surface area contributed by atoms with Crippen LogP contribution in [-0.4, -0.2) is 22.1 Å². The van der Waals surface area contributed by atoms with Gasteiger partial charge >= 0.3 is 12.1 Å². The molecule has 0 aliphatic heterocycles. The van der Waals surface area contributed by atoms with E-state index in [4.69, 9.17) is 0 Å². The van der Waals surface area contributed by atoms with Crippen LogP contribution in [0.2, 0.25) is 0 Å². The number of hydrogen-bond acceptors (Lipinski definition) is 2. The first-order valence-electron chi connectivity index (χ1n) is 5.12. The second-order valence-corrected chi connectivity index (χ2v) is 3.99. The molecule has 1 aromatic heterocycles. The molecule has 0 unspecified atom stereocenters. The lowest BCUT2D eigenvalue weighted by molar-refractivity contribution is -0.167. The second kappa shape index (κ2) is 4.01. The Hall–Kier alpha value is -2.05. The van der Waals surface area contributed by atoms with Gasteiger partial charge in [0.1, 0.15) is 0 Å². The summed E-state index contributed by atoms with van der Waals surface area (Å²) in [5.74, 6) is -2.26. The largest absolute Gasteiger partial charge is 0.471 e. The third-order valence-corrected chi connectivity index (χ3v) is 2.59. The number of amides is 1. The zero-order valence-corrected chi connectivity index (χ0v) is 9.64. The van der Waals surface area contributed by atoms with Crippen LogP contribution < -0.4 is 5.32 Å². The van der Waals surface area contributed by atoms with Gasteiger partial charge in [0.15, 0.2) is 0 Å². The summed E-state index contributed by atoms with van der Waals surface area (Å²) in [6, 6.07) is 3.51. The first-order valence-corrected chi connectivity index (χ1v) is 5.12. The summed E-state index contributed by atoms with van der Waals surface area (Å²) in [7, 11) is 0. The Morgan fingerprint density at radius 2 is 1.89 bits per heavy atom. The molecule has 2 rings (SSSR count). The maximum Gasteiger partial charge on any atom is 0.471 e. The van der Waals surface area contributed by atoms with E-state index in [2.05, 4.69) is 9.97 Å². The molecule has 96 valence electrons. The van der Waals surface area contributed by atoms with Crippen LogP contribution in [0.4, 0.5) is 19.1 Å². The highest BCUT2D eigenvalue weighted by Crippen LogP contribution is 2.21. The Bertz CT molecular complexity index is 577. The highest BCUT2D eigenvalue weighted by atomic mass is 19.4. The fourth-order valence-corrected chi connectivity index (χ4v) is 1.51. The first kappa shape index (κ1) is 12.4. The molecule has 2 N–H and O–H groups in total.